The fourth-order valence-corrected chi connectivity index (χ4v) is 3.61. The SMILES string of the molecule is O=C(NCCOC1CCCCCC1)c1ccn(C2CCCNC2)n1. The van der Waals surface area contributed by atoms with Gasteiger partial charge < -0.3 is 15.4 Å². The van der Waals surface area contributed by atoms with Crippen LogP contribution in [0.4, 0.5) is 0 Å². The van der Waals surface area contributed by atoms with E-state index >= 15 is 0 Å². The van der Waals surface area contributed by atoms with Crippen LogP contribution in [0.2, 0.25) is 0 Å². The molecule has 6 nitrogen and oxygen atoms in total. The van der Waals surface area contributed by atoms with Gasteiger partial charge in [-0.2, -0.15) is 5.10 Å². The minimum atomic E-state index is -0.109. The average molecular weight is 334 g/mol. The normalized spacial score (nSPS) is 22.9. The van der Waals surface area contributed by atoms with Crippen molar-refractivity contribution in [1.29, 1.82) is 0 Å². The Bertz CT molecular complexity index is 503. The zero-order valence-electron chi connectivity index (χ0n) is 14.5. The Morgan fingerprint density at radius 2 is 2.08 bits per heavy atom. The van der Waals surface area contributed by atoms with Gasteiger partial charge in [0.05, 0.1) is 18.8 Å². The summed E-state index contributed by atoms with van der Waals surface area (Å²) in [6, 6.07) is 2.16. The van der Waals surface area contributed by atoms with Crippen LogP contribution in [0, 0.1) is 0 Å². The van der Waals surface area contributed by atoms with Crippen molar-refractivity contribution in [3.8, 4) is 0 Å². The average Bonchev–Trinajstić information content (AvgIpc) is 2.97. The first-order chi connectivity index (χ1) is 11.8. The highest BCUT2D eigenvalue weighted by Crippen LogP contribution is 2.19. The third kappa shape index (κ3) is 5.05. The van der Waals surface area contributed by atoms with Crippen molar-refractivity contribution < 1.29 is 9.53 Å². The maximum absolute atomic E-state index is 12.2. The van der Waals surface area contributed by atoms with E-state index in [2.05, 4.69) is 15.7 Å². The lowest BCUT2D eigenvalue weighted by Gasteiger charge is -2.22. The second kappa shape index (κ2) is 9.18. The van der Waals surface area contributed by atoms with Crippen LogP contribution in [0.3, 0.4) is 0 Å². The van der Waals surface area contributed by atoms with Gasteiger partial charge in [-0.15, -0.1) is 0 Å². The van der Waals surface area contributed by atoms with Gasteiger partial charge >= 0.3 is 0 Å². The number of piperidine rings is 1. The molecule has 134 valence electrons. The fraction of sp³-hybridized carbons (Fsp3) is 0.778. The van der Waals surface area contributed by atoms with Gasteiger partial charge in [-0.25, -0.2) is 0 Å². The highest BCUT2D eigenvalue weighted by molar-refractivity contribution is 5.92. The first-order valence-corrected chi connectivity index (χ1v) is 9.48. The quantitative estimate of drug-likeness (QED) is 0.619. The molecule has 1 atom stereocenters. The highest BCUT2D eigenvalue weighted by atomic mass is 16.5. The van der Waals surface area contributed by atoms with Crippen LogP contribution in [0.1, 0.15) is 67.9 Å². The molecular formula is C18H30N4O2. The molecule has 6 heteroatoms. The molecule has 2 N–H and O–H groups in total. The van der Waals surface area contributed by atoms with Gasteiger partial charge in [-0.3, -0.25) is 9.48 Å². The molecule has 0 radical (unpaired) electrons. The summed E-state index contributed by atoms with van der Waals surface area (Å²) in [6.45, 7) is 3.14. The molecule has 3 rings (SSSR count). The number of carbonyl (C=O) groups excluding carboxylic acids is 1. The third-order valence-electron chi connectivity index (χ3n) is 5.03. The molecule has 0 spiro atoms. The van der Waals surface area contributed by atoms with Crippen molar-refractivity contribution in [2.75, 3.05) is 26.2 Å². The second-order valence-corrected chi connectivity index (χ2v) is 6.92. The lowest BCUT2D eigenvalue weighted by molar-refractivity contribution is 0.0441. The summed E-state index contributed by atoms with van der Waals surface area (Å²) in [5, 5.41) is 10.7. The maximum Gasteiger partial charge on any atom is 0.271 e. The summed E-state index contributed by atoms with van der Waals surface area (Å²) in [4.78, 5) is 12.2. The van der Waals surface area contributed by atoms with Crippen molar-refractivity contribution in [2.24, 2.45) is 0 Å². The smallest absolute Gasteiger partial charge is 0.271 e. The molecule has 1 amide bonds. The van der Waals surface area contributed by atoms with E-state index in [1.807, 2.05) is 10.9 Å². The molecule has 2 heterocycles. The number of rotatable bonds is 6. The van der Waals surface area contributed by atoms with Gasteiger partial charge in [0.15, 0.2) is 0 Å². The maximum atomic E-state index is 12.2. The number of carbonyl (C=O) groups is 1. The highest BCUT2D eigenvalue weighted by Gasteiger charge is 2.18. The molecule has 0 aromatic carbocycles. The van der Waals surface area contributed by atoms with Crippen LogP contribution in [0.15, 0.2) is 12.3 Å². The van der Waals surface area contributed by atoms with E-state index in [4.69, 9.17) is 4.74 Å². The van der Waals surface area contributed by atoms with Gasteiger partial charge in [0.2, 0.25) is 0 Å². The Morgan fingerprint density at radius 3 is 2.83 bits per heavy atom. The molecule has 1 unspecified atom stereocenters. The van der Waals surface area contributed by atoms with E-state index in [-0.39, 0.29) is 5.91 Å². The molecule has 2 fully saturated rings. The minimum absolute atomic E-state index is 0.109. The summed E-state index contributed by atoms with van der Waals surface area (Å²) in [6.07, 6.45) is 12.1. The number of hydrogen-bond acceptors (Lipinski definition) is 4. The first kappa shape index (κ1) is 17.4. The van der Waals surface area contributed by atoms with Crippen molar-refractivity contribution in [3.05, 3.63) is 18.0 Å². The van der Waals surface area contributed by atoms with Crippen LogP contribution in [0.25, 0.3) is 0 Å². The molecule has 1 saturated carbocycles. The van der Waals surface area contributed by atoms with E-state index in [9.17, 15) is 4.79 Å². The lowest BCUT2D eigenvalue weighted by Crippen LogP contribution is -2.32. The zero-order valence-corrected chi connectivity index (χ0v) is 14.5. The van der Waals surface area contributed by atoms with Crippen LogP contribution >= 0.6 is 0 Å². The summed E-state index contributed by atoms with van der Waals surface area (Å²) >= 11 is 0. The molecule has 2 aliphatic rings. The summed E-state index contributed by atoms with van der Waals surface area (Å²) in [7, 11) is 0. The summed E-state index contributed by atoms with van der Waals surface area (Å²) in [5.74, 6) is -0.109. The Labute approximate surface area is 144 Å². The van der Waals surface area contributed by atoms with Crippen LogP contribution < -0.4 is 10.6 Å². The number of aromatic nitrogens is 2. The van der Waals surface area contributed by atoms with Gasteiger partial charge in [-0.1, -0.05) is 25.7 Å². The number of nitrogens with zero attached hydrogens (tertiary/aromatic N) is 2. The topological polar surface area (TPSA) is 68.2 Å². The molecule has 1 aliphatic carbocycles. The van der Waals surface area contributed by atoms with Gasteiger partial charge in [0.1, 0.15) is 5.69 Å². The molecule has 1 aromatic rings. The number of ether oxygens (including phenoxy) is 1. The van der Waals surface area contributed by atoms with E-state index < -0.39 is 0 Å². The van der Waals surface area contributed by atoms with E-state index in [0.717, 1.165) is 38.8 Å². The zero-order chi connectivity index (χ0) is 16.6. The Balaban J connectivity index is 1.38. The van der Waals surface area contributed by atoms with Crippen molar-refractivity contribution >= 4 is 5.91 Å². The summed E-state index contributed by atoms with van der Waals surface area (Å²) < 4.78 is 7.82. The van der Waals surface area contributed by atoms with E-state index in [0.29, 0.717) is 31.0 Å². The van der Waals surface area contributed by atoms with Gasteiger partial charge in [0, 0.05) is 19.3 Å². The summed E-state index contributed by atoms with van der Waals surface area (Å²) in [5.41, 5.74) is 0.495. The third-order valence-corrected chi connectivity index (χ3v) is 5.03. The Kier molecular flexibility index (Phi) is 6.66. The molecule has 1 saturated heterocycles. The standard InChI is InChI=1S/C18H30N4O2/c23-18(20-11-13-24-16-7-3-1-2-4-8-16)17-9-12-22(21-17)15-6-5-10-19-14-15/h9,12,15-16,19H,1-8,10-11,13-14H2,(H,20,23). The van der Waals surface area contributed by atoms with Crippen molar-refractivity contribution in [2.45, 2.75) is 63.5 Å². The van der Waals surface area contributed by atoms with E-state index in [1.54, 1.807) is 6.07 Å². The number of nitrogens with one attached hydrogen (secondary N) is 2. The Morgan fingerprint density at radius 1 is 1.25 bits per heavy atom. The lowest BCUT2D eigenvalue weighted by atomic mass is 10.1. The molecular weight excluding hydrogens is 304 g/mol. The number of hydrogen-bond donors (Lipinski definition) is 2. The van der Waals surface area contributed by atoms with Crippen LogP contribution in [-0.4, -0.2) is 48.0 Å². The predicted molar refractivity (Wildman–Crippen MR) is 93.1 cm³/mol. The number of amides is 1. The van der Waals surface area contributed by atoms with Gasteiger partial charge in [-0.05, 0) is 38.3 Å². The van der Waals surface area contributed by atoms with Crippen molar-refractivity contribution in [3.63, 3.8) is 0 Å². The molecule has 1 aromatic heterocycles. The molecule has 0 bridgehead atoms. The Hall–Kier alpha value is -1.40. The van der Waals surface area contributed by atoms with Crippen molar-refractivity contribution in [1.82, 2.24) is 20.4 Å². The second-order valence-electron chi connectivity index (χ2n) is 6.92. The fourth-order valence-electron chi connectivity index (χ4n) is 3.61. The largest absolute Gasteiger partial charge is 0.376 e. The monoisotopic (exact) mass is 334 g/mol. The molecule has 1 aliphatic heterocycles. The van der Waals surface area contributed by atoms with Gasteiger partial charge in [0.25, 0.3) is 5.91 Å². The minimum Gasteiger partial charge on any atom is -0.376 e. The van der Waals surface area contributed by atoms with E-state index in [1.165, 1.54) is 25.7 Å². The van der Waals surface area contributed by atoms with Crippen LogP contribution in [-0.2, 0) is 4.74 Å². The first-order valence-electron chi connectivity index (χ1n) is 9.48. The molecule has 24 heavy (non-hydrogen) atoms. The predicted octanol–water partition coefficient (Wildman–Crippen LogP) is 2.28. The van der Waals surface area contributed by atoms with Crippen LogP contribution in [0.5, 0.6) is 0 Å².